The van der Waals surface area contributed by atoms with E-state index in [1.807, 2.05) is 0 Å². The fraction of sp³-hybridized carbons (Fsp3) is 0.721. The van der Waals surface area contributed by atoms with Crippen LogP contribution >= 0.6 is 0 Å². The molecule has 0 radical (unpaired) electrons. The van der Waals surface area contributed by atoms with Crippen molar-refractivity contribution < 1.29 is 57.5 Å². The SMILES string of the molecule is CN1CC(=O)NCC(=O)N(C)CC(=O)N(C)CC(=O)N(C)CC(=O)N(C)CC(=O)NCC(=O)N2CCCC2C(=O)NC2(CCCC2)C(=O)N(C)CC(=O)N(C)C(C(=O)N2CCCCC2)CC1=O. The van der Waals surface area contributed by atoms with Gasteiger partial charge < -0.3 is 60.0 Å². The number of piperidine rings is 1. The zero-order chi connectivity index (χ0) is 49.7. The summed E-state index contributed by atoms with van der Waals surface area (Å²) in [6.45, 7) is -2.81. The highest BCUT2D eigenvalue weighted by Crippen LogP contribution is 2.32. The van der Waals surface area contributed by atoms with Crippen LogP contribution in [0.5, 0.6) is 0 Å². The van der Waals surface area contributed by atoms with Gasteiger partial charge in [0.25, 0.3) is 0 Å². The molecule has 24 heteroatoms. The van der Waals surface area contributed by atoms with Crippen LogP contribution < -0.4 is 16.0 Å². The van der Waals surface area contributed by atoms with Crippen molar-refractivity contribution in [2.45, 2.75) is 81.8 Å². The average Bonchev–Trinajstić information content (AvgIpc) is 3.99. The summed E-state index contributed by atoms with van der Waals surface area (Å²) in [5.74, 6) is -7.40. The summed E-state index contributed by atoms with van der Waals surface area (Å²) in [5, 5.41) is 7.80. The molecule has 1 saturated carbocycles. The zero-order valence-electron chi connectivity index (χ0n) is 39.9. The van der Waals surface area contributed by atoms with E-state index in [9.17, 15) is 57.5 Å². The second-order valence-electron chi connectivity index (χ2n) is 18.1. The predicted octanol–water partition coefficient (Wildman–Crippen LogP) is -4.37. The van der Waals surface area contributed by atoms with E-state index < -0.39 is 147 Å². The van der Waals surface area contributed by atoms with E-state index in [1.165, 1.54) is 59.1 Å². The van der Waals surface area contributed by atoms with Gasteiger partial charge in [0.2, 0.25) is 70.9 Å². The van der Waals surface area contributed by atoms with E-state index in [2.05, 4.69) is 16.0 Å². The molecule has 1 aliphatic carbocycles. The molecule has 0 aromatic carbocycles. The monoisotopic (exact) mass is 945 g/mol. The Labute approximate surface area is 390 Å². The van der Waals surface area contributed by atoms with E-state index in [4.69, 9.17) is 0 Å². The van der Waals surface area contributed by atoms with E-state index in [0.717, 1.165) is 48.7 Å². The minimum Gasteiger partial charge on any atom is -0.345 e. The van der Waals surface area contributed by atoms with E-state index in [1.54, 1.807) is 4.90 Å². The van der Waals surface area contributed by atoms with Gasteiger partial charge in [-0.3, -0.25) is 57.5 Å². The number of fused-ring (bicyclic) bond motifs is 1. The first-order valence-electron chi connectivity index (χ1n) is 22.7. The van der Waals surface area contributed by atoms with Crippen LogP contribution in [0.3, 0.4) is 0 Å². The van der Waals surface area contributed by atoms with Crippen LogP contribution in [-0.4, -0.2) is 254 Å². The summed E-state index contributed by atoms with van der Waals surface area (Å²) in [6.07, 6.45) is 4.38. The van der Waals surface area contributed by atoms with Crippen LogP contribution in [0, 0.1) is 0 Å². The Morgan fingerprint density at radius 1 is 0.493 bits per heavy atom. The fourth-order valence-electron chi connectivity index (χ4n) is 8.53. The zero-order valence-corrected chi connectivity index (χ0v) is 39.9. The molecule has 0 aromatic heterocycles. The molecular formula is C43H68N12O12. The summed E-state index contributed by atoms with van der Waals surface area (Å²) in [4.78, 5) is 171. The molecule has 4 aliphatic rings. The third kappa shape index (κ3) is 14.3. The number of hydrogen-bond donors (Lipinski definition) is 3. The van der Waals surface area contributed by atoms with Gasteiger partial charge in [-0.1, -0.05) is 12.8 Å². The highest BCUT2D eigenvalue weighted by molar-refractivity contribution is 5.99. The second-order valence-corrected chi connectivity index (χ2v) is 18.1. The van der Waals surface area contributed by atoms with Gasteiger partial charge >= 0.3 is 0 Å². The minimum absolute atomic E-state index is 0.214. The van der Waals surface area contributed by atoms with Crippen molar-refractivity contribution >= 4 is 70.9 Å². The van der Waals surface area contributed by atoms with Crippen LogP contribution in [0.15, 0.2) is 0 Å². The van der Waals surface area contributed by atoms with Gasteiger partial charge in [0, 0.05) is 69.0 Å². The number of likely N-dealkylation sites (tertiary alicyclic amines) is 1. The van der Waals surface area contributed by atoms with Crippen molar-refractivity contribution in [3.63, 3.8) is 0 Å². The fourth-order valence-corrected chi connectivity index (χ4v) is 8.53. The van der Waals surface area contributed by atoms with Gasteiger partial charge in [0.05, 0.1) is 58.8 Å². The maximum absolute atomic E-state index is 14.3. The quantitative estimate of drug-likeness (QED) is 0.225. The molecule has 3 saturated heterocycles. The van der Waals surface area contributed by atoms with Gasteiger partial charge in [-0.15, -0.1) is 0 Å². The third-order valence-electron chi connectivity index (χ3n) is 12.9. The van der Waals surface area contributed by atoms with E-state index >= 15 is 0 Å². The number of carbonyl (C=O) groups excluding carboxylic acids is 12. The first kappa shape index (κ1) is 53.3. The molecule has 2 atom stereocenters. The molecule has 2 unspecified atom stereocenters. The van der Waals surface area contributed by atoms with Gasteiger partial charge in [-0.2, -0.15) is 0 Å². The van der Waals surface area contributed by atoms with Crippen molar-refractivity contribution in [2.75, 3.05) is 121 Å². The number of likely N-dealkylation sites (N-methyl/N-ethyl adjacent to an activating group) is 7. The Morgan fingerprint density at radius 3 is 1.49 bits per heavy atom. The van der Waals surface area contributed by atoms with Crippen molar-refractivity contribution in [1.82, 2.24) is 60.0 Å². The lowest BCUT2D eigenvalue weighted by molar-refractivity contribution is -0.151. The lowest BCUT2D eigenvalue weighted by Gasteiger charge is -2.37. The van der Waals surface area contributed by atoms with E-state index in [0.29, 0.717) is 38.8 Å². The molecule has 0 aromatic rings. The summed E-state index contributed by atoms with van der Waals surface area (Å²) in [5.41, 5.74) is -1.39. The Bertz CT molecular complexity index is 1940. The number of nitrogens with zero attached hydrogens (tertiary/aromatic N) is 9. The molecule has 3 N–H and O–H groups in total. The molecule has 24 nitrogen and oxygen atoms in total. The maximum atomic E-state index is 14.3. The molecular weight excluding hydrogens is 877 g/mol. The predicted molar refractivity (Wildman–Crippen MR) is 238 cm³/mol. The maximum Gasteiger partial charge on any atom is 0.248 e. The van der Waals surface area contributed by atoms with Crippen LogP contribution in [-0.2, 0) is 57.5 Å². The van der Waals surface area contributed by atoms with Crippen LogP contribution in [0.1, 0.15) is 64.2 Å². The first-order valence-corrected chi connectivity index (χ1v) is 22.7. The Morgan fingerprint density at radius 2 is 0.955 bits per heavy atom. The number of amides is 12. The van der Waals surface area contributed by atoms with Crippen molar-refractivity contribution in [3.05, 3.63) is 0 Å². The Balaban J connectivity index is 1.56. The lowest BCUT2D eigenvalue weighted by atomic mass is 9.94. The Hall–Kier alpha value is -6.36. The van der Waals surface area contributed by atoms with Crippen molar-refractivity contribution in [3.8, 4) is 0 Å². The first-order chi connectivity index (χ1) is 31.5. The molecule has 1 spiro atoms. The topological polar surface area (TPSA) is 270 Å². The lowest BCUT2D eigenvalue weighted by Crippen LogP contribution is -2.62. The van der Waals surface area contributed by atoms with E-state index in [-0.39, 0.29) is 19.4 Å². The van der Waals surface area contributed by atoms with Crippen LogP contribution in [0.4, 0.5) is 0 Å². The van der Waals surface area contributed by atoms with Gasteiger partial charge in [0.1, 0.15) is 17.6 Å². The Kier molecular flexibility index (Phi) is 19.0. The minimum atomic E-state index is -1.39. The molecule has 4 rings (SSSR count). The molecule has 3 heterocycles. The highest BCUT2D eigenvalue weighted by Gasteiger charge is 2.47. The number of carbonyl (C=O) groups is 12. The number of nitrogens with one attached hydrogen (secondary N) is 3. The third-order valence-corrected chi connectivity index (χ3v) is 12.9. The number of rotatable bonds is 1. The number of hydrogen-bond acceptors (Lipinski definition) is 12. The van der Waals surface area contributed by atoms with Gasteiger partial charge in [0.15, 0.2) is 0 Å². The molecule has 372 valence electrons. The summed E-state index contributed by atoms with van der Waals surface area (Å²) in [6, 6.07) is -2.25. The van der Waals surface area contributed by atoms with Crippen LogP contribution in [0.2, 0.25) is 0 Å². The summed E-state index contributed by atoms with van der Waals surface area (Å²) < 4.78 is 0. The second kappa shape index (κ2) is 23.9. The normalized spacial score (nSPS) is 24.6. The molecule has 4 fully saturated rings. The van der Waals surface area contributed by atoms with Gasteiger partial charge in [-0.25, -0.2) is 0 Å². The molecule has 3 aliphatic heterocycles. The summed E-state index contributed by atoms with van der Waals surface area (Å²) in [7, 11) is 9.42. The van der Waals surface area contributed by atoms with Gasteiger partial charge in [-0.05, 0) is 44.9 Å². The smallest absolute Gasteiger partial charge is 0.248 e. The largest absolute Gasteiger partial charge is 0.345 e. The van der Waals surface area contributed by atoms with Crippen molar-refractivity contribution in [2.24, 2.45) is 0 Å². The molecule has 67 heavy (non-hydrogen) atoms. The highest BCUT2D eigenvalue weighted by atomic mass is 16.2. The average molecular weight is 945 g/mol. The molecule has 0 bridgehead atoms. The standard InChI is InChI=1S/C43H68N12O12/c1-47-23-31(56)44-21-34(59)49(3)25-37(62)51(5)27-38(63)50(4)26-36(61)48(2)24-32(57)45-22-35(60)55-19-13-14-29(55)40(65)46-43(15-9-10-16-43)42(67)52(6)28-39(64)53(7)30(20-33(47)58)41(66)54-17-11-8-12-18-54/h29-30H,8-28H2,1-7H3,(H,44,56)(H,45,57)(H,46,65). The molecule has 12 amide bonds. The van der Waals surface area contributed by atoms with Crippen LogP contribution in [0.25, 0.3) is 0 Å². The van der Waals surface area contributed by atoms with Crippen molar-refractivity contribution in [1.29, 1.82) is 0 Å². The summed E-state index contributed by atoms with van der Waals surface area (Å²) >= 11 is 0.